The van der Waals surface area contributed by atoms with Crippen LogP contribution in [0.3, 0.4) is 0 Å². The molecule has 0 saturated carbocycles. The quantitative estimate of drug-likeness (QED) is 0.225. The first-order valence-corrected chi connectivity index (χ1v) is 14.6. The third-order valence-electron chi connectivity index (χ3n) is 6.15. The number of benzene rings is 4. The zero-order chi connectivity index (χ0) is 30.4. The molecule has 42 heavy (non-hydrogen) atoms. The van der Waals surface area contributed by atoms with Gasteiger partial charge in [-0.1, -0.05) is 59.6 Å². The third-order valence-corrected chi connectivity index (χ3v) is 8.22. The summed E-state index contributed by atoms with van der Waals surface area (Å²) < 4.78 is 33.8. The maximum absolute atomic E-state index is 13.3. The summed E-state index contributed by atoms with van der Waals surface area (Å²) in [5.74, 6) is -2.22. The largest absolute Gasteiger partial charge is 0.478 e. The number of carboxylic acids is 1. The molecule has 0 heterocycles. The Labute approximate surface area is 252 Å². The monoisotopic (exact) mass is 626 g/mol. The van der Waals surface area contributed by atoms with Gasteiger partial charge in [-0.3, -0.25) is 9.59 Å². The Hall–Kier alpha value is -4.38. The predicted molar refractivity (Wildman–Crippen MR) is 158 cm³/mol. The number of rotatable bonds is 10. The number of carbonyl (C=O) groups excluding carboxylic acids is 2. The minimum absolute atomic E-state index is 0.104. The summed E-state index contributed by atoms with van der Waals surface area (Å²) in [6.07, 6.45) is -1.36. The lowest BCUT2D eigenvalue weighted by Gasteiger charge is -2.23. The van der Waals surface area contributed by atoms with Crippen LogP contribution in [-0.2, 0) is 26.2 Å². The number of aromatic carboxylic acids is 1. The van der Waals surface area contributed by atoms with E-state index in [4.69, 9.17) is 33.0 Å². The second-order valence-corrected chi connectivity index (χ2v) is 11.5. The number of ether oxygens (including phenoxy) is 1. The molecule has 0 saturated heterocycles. The highest BCUT2D eigenvalue weighted by Crippen LogP contribution is 2.30. The topological polar surface area (TPSA) is 130 Å². The van der Waals surface area contributed by atoms with Gasteiger partial charge in [0.05, 0.1) is 17.0 Å². The number of sulfonamides is 1. The lowest BCUT2D eigenvalue weighted by atomic mass is 10.1. The maximum Gasteiger partial charge on any atom is 0.335 e. The zero-order valence-corrected chi connectivity index (χ0v) is 24.4. The van der Waals surface area contributed by atoms with Gasteiger partial charge < -0.3 is 14.7 Å². The molecule has 0 aromatic heterocycles. The van der Waals surface area contributed by atoms with Crippen LogP contribution in [0.1, 0.15) is 34.5 Å². The molecule has 0 spiro atoms. The number of amides is 2. The van der Waals surface area contributed by atoms with Gasteiger partial charge in [0.25, 0.3) is 15.9 Å². The SMILES string of the molecule is CC(=O)N(Cc1c(Cl)cccc1Cl)c1ccc(O[C@H](C(=O)NS(=O)(=O)c2ccc(C(=O)O)cc2)c2ccccc2)cc1. The van der Waals surface area contributed by atoms with Crippen LogP contribution in [0.4, 0.5) is 5.69 Å². The molecular formula is C30H24Cl2N2O7S. The van der Waals surface area contributed by atoms with Crippen molar-refractivity contribution in [1.29, 1.82) is 0 Å². The summed E-state index contributed by atoms with van der Waals surface area (Å²) in [6.45, 7) is 1.52. The average Bonchev–Trinajstić information content (AvgIpc) is 2.96. The van der Waals surface area contributed by atoms with Gasteiger partial charge in [-0.15, -0.1) is 0 Å². The molecule has 9 nitrogen and oxygen atoms in total. The van der Waals surface area contributed by atoms with Crippen LogP contribution in [0.25, 0.3) is 0 Å². The van der Waals surface area contributed by atoms with E-state index in [0.29, 0.717) is 26.9 Å². The van der Waals surface area contributed by atoms with Crippen molar-refractivity contribution in [3.05, 3.63) is 124 Å². The van der Waals surface area contributed by atoms with Crippen molar-refractivity contribution in [3.8, 4) is 5.75 Å². The molecule has 0 aliphatic heterocycles. The van der Waals surface area contributed by atoms with Crippen molar-refractivity contribution >= 4 is 56.7 Å². The molecule has 0 fully saturated rings. The minimum Gasteiger partial charge on any atom is -0.478 e. The molecule has 0 unspecified atom stereocenters. The predicted octanol–water partition coefficient (Wildman–Crippen LogP) is 5.87. The Bertz CT molecular complexity index is 1690. The number of carbonyl (C=O) groups is 3. The summed E-state index contributed by atoms with van der Waals surface area (Å²) in [5.41, 5.74) is 1.37. The van der Waals surface area contributed by atoms with E-state index >= 15 is 0 Å². The highest BCUT2D eigenvalue weighted by atomic mass is 35.5. The molecule has 2 N–H and O–H groups in total. The Morgan fingerprint density at radius 1 is 0.857 bits per heavy atom. The molecule has 0 aliphatic carbocycles. The third kappa shape index (κ3) is 7.27. The van der Waals surface area contributed by atoms with Crippen LogP contribution in [-0.4, -0.2) is 31.3 Å². The first-order valence-electron chi connectivity index (χ1n) is 12.4. The Morgan fingerprint density at radius 3 is 2.00 bits per heavy atom. The van der Waals surface area contributed by atoms with Gasteiger partial charge >= 0.3 is 5.97 Å². The van der Waals surface area contributed by atoms with E-state index in [1.54, 1.807) is 72.8 Å². The van der Waals surface area contributed by atoms with E-state index in [9.17, 15) is 22.8 Å². The van der Waals surface area contributed by atoms with Gasteiger partial charge in [0.1, 0.15) is 5.75 Å². The molecule has 0 bridgehead atoms. The first kappa shape index (κ1) is 30.6. The number of hydrogen-bond acceptors (Lipinski definition) is 6. The van der Waals surface area contributed by atoms with E-state index in [0.717, 1.165) is 24.3 Å². The number of nitrogens with zero attached hydrogens (tertiary/aromatic N) is 1. The highest BCUT2D eigenvalue weighted by molar-refractivity contribution is 7.90. The smallest absolute Gasteiger partial charge is 0.335 e. The Balaban J connectivity index is 1.57. The second-order valence-electron chi connectivity index (χ2n) is 9.01. The van der Waals surface area contributed by atoms with Crippen molar-refractivity contribution in [2.75, 3.05) is 4.90 Å². The van der Waals surface area contributed by atoms with Gasteiger partial charge in [0, 0.05) is 33.8 Å². The van der Waals surface area contributed by atoms with Crippen molar-refractivity contribution in [3.63, 3.8) is 0 Å². The van der Waals surface area contributed by atoms with E-state index in [2.05, 4.69) is 0 Å². The molecule has 4 rings (SSSR count). The summed E-state index contributed by atoms with van der Waals surface area (Å²) in [6, 6.07) is 24.1. The molecule has 12 heteroatoms. The lowest BCUT2D eigenvalue weighted by Crippen LogP contribution is -2.36. The zero-order valence-electron chi connectivity index (χ0n) is 22.0. The van der Waals surface area contributed by atoms with E-state index in [1.807, 2.05) is 4.72 Å². The molecule has 216 valence electrons. The molecule has 0 radical (unpaired) electrons. The molecule has 2 amide bonds. The van der Waals surface area contributed by atoms with Crippen molar-refractivity contribution in [2.24, 2.45) is 0 Å². The summed E-state index contributed by atoms with van der Waals surface area (Å²) in [7, 11) is -4.35. The maximum atomic E-state index is 13.3. The number of carboxylic acid groups (broad SMARTS) is 1. The van der Waals surface area contributed by atoms with E-state index in [-0.39, 0.29) is 28.7 Å². The standard InChI is InChI=1S/C30H24Cl2N2O7S/c1-19(35)34(18-25-26(31)8-5-9-27(25)32)22-12-14-23(15-13-22)41-28(20-6-3-2-4-7-20)29(36)33-42(39,40)24-16-10-21(11-17-24)30(37)38/h2-17,28H,18H2,1H3,(H,33,36)(H,37,38)/t28-/m0/s1. The highest BCUT2D eigenvalue weighted by Gasteiger charge is 2.28. The van der Waals surface area contributed by atoms with Crippen molar-refractivity contribution in [2.45, 2.75) is 24.5 Å². The fraction of sp³-hybridized carbons (Fsp3) is 0.100. The van der Waals surface area contributed by atoms with Gasteiger partial charge in [-0.05, 0) is 60.7 Å². The fourth-order valence-corrected chi connectivity index (χ4v) is 5.49. The minimum atomic E-state index is -4.35. The van der Waals surface area contributed by atoms with Crippen LogP contribution in [0.2, 0.25) is 10.0 Å². The van der Waals surface area contributed by atoms with Crippen LogP contribution >= 0.6 is 23.2 Å². The van der Waals surface area contributed by atoms with Crippen LogP contribution in [0.15, 0.2) is 102 Å². The van der Waals surface area contributed by atoms with Gasteiger partial charge in [0.15, 0.2) is 0 Å². The first-order chi connectivity index (χ1) is 20.0. The molecule has 4 aromatic carbocycles. The summed E-state index contributed by atoms with van der Waals surface area (Å²) >= 11 is 12.6. The normalized spacial score (nSPS) is 11.8. The van der Waals surface area contributed by atoms with Gasteiger partial charge in [-0.2, -0.15) is 0 Å². The van der Waals surface area contributed by atoms with Gasteiger partial charge in [0.2, 0.25) is 12.0 Å². The second kappa shape index (κ2) is 13.1. The molecule has 0 aliphatic rings. The Morgan fingerprint density at radius 2 is 1.45 bits per heavy atom. The summed E-state index contributed by atoms with van der Waals surface area (Å²) in [4.78, 5) is 38.0. The summed E-state index contributed by atoms with van der Waals surface area (Å²) in [5, 5.41) is 9.89. The van der Waals surface area contributed by atoms with Crippen LogP contribution in [0, 0.1) is 0 Å². The van der Waals surface area contributed by atoms with Crippen molar-refractivity contribution < 1.29 is 32.6 Å². The fourth-order valence-electron chi connectivity index (χ4n) is 3.99. The molecule has 1 atom stereocenters. The number of halogens is 2. The van der Waals surface area contributed by atoms with Crippen LogP contribution < -0.4 is 14.4 Å². The Kier molecular flexibility index (Phi) is 9.52. The van der Waals surface area contributed by atoms with Crippen LogP contribution in [0.5, 0.6) is 5.75 Å². The molecule has 4 aromatic rings. The number of nitrogens with one attached hydrogen (secondary N) is 1. The van der Waals surface area contributed by atoms with E-state index in [1.165, 1.54) is 11.8 Å². The number of anilines is 1. The van der Waals surface area contributed by atoms with E-state index < -0.39 is 28.0 Å². The molecular weight excluding hydrogens is 603 g/mol. The average molecular weight is 628 g/mol. The van der Waals surface area contributed by atoms with Crippen molar-refractivity contribution in [1.82, 2.24) is 4.72 Å². The lowest BCUT2D eigenvalue weighted by molar-refractivity contribution is -0.126. The van der Waals surface area contributed by atoms with Gasteiger partial charge in [-0.25, -0.2) is 17.9 Å². The number of hydrogen-bond donors (Lipinski definition) is 2.